The Balaban J connectivity index is 1.86. The molecule has 0 aliphatic heterocycles. The second kappa shape index (κ2) is 11.5. The number of benzene rings is 2. The van der Waals surface area contributed by atoms with Gasteiger partial charge >= 0.3 is 0 Å². The highest BCUT2D eigenvalue weighted by atomic mass is 16.5. The lowest BCUT2D eigenvalue weighted by Crippen LogP contribution is -2.31. The lowest BCUT2D eigenvalue weighted by atomic mass is 9.88. The summed E-state index contributed by atoms with van der Waals surface area (Å²) in [6.07, 6.45) is 0.197. The average molecular weight is 504 g/mol. The van der Waals surface area contributed by atoms with Gasteiger partial charge in [-0.1, -0.05) is 12.1 Å². The molecule has 0 spiro atoms. The maximum absolute atomic E-state index is 13.0. The van der Waals surface area contributed by atoms with Crippen molar-refractivity contribution in [2.75, 3.05) is 20.3 Å². The largest absolute Gasteiger partial charge is 0.493 e. The summed E-state index contributed by atoms with van der Waals surface area (Å²) in [5.41, 5.74) is 7.83. The molecule has 8 heteroatoms. The van der Waals surface area contributed by atoms with Gasteiger partial charge in [0, 0.05) is 23.1 Å². The Morgan fingerprint density at radius 2 is 1.78 bits per heavy atom. The summed E-state index contributed by atoms with van der Waals surface area (Å²) in [5, 5.41) is 29.5. The fourth-order valence-electron chi connectivity index (χ4n) is 3.79. The van der Waals surface area contributed by atoms with Crippen LogP contribution in [0.25, 0.3) is 11.3 Å². The van der Waals surface area contributed by atoms with Crippen LogP contribution in [0.1, 0.15) is 60.8 Å². The van der Waals surface area contributed by atoms with Gasteiger partial charge in [0.2, 0.25) is 0 Å². The van der Waals surface area contributed by atoms with Gasteiger partial charge in [0.1, 0.15) is 12.2 Å². The van der Waals surface area contributed by atoms with Crippen LogP contribution in [0.5, 0.6) is 11.5 Å². The summed E-state index contributed by atoms with van der Waals surface area (Å²) in [7, 11) is 1.48. The molecule has 1 heterocycles. The van der Waals surface area contributed by atoms with Crippen molar-refractivity contribution in [2.45, 2.75) is 44.8 Å². The molecule has 194 valence electrons. The van der Waals surface area contributed by atoms with Crippen molar-refractivity contribution in [1.29, 1.82) is 5.26 Å². The smallest absolute Gasteiger partial charge is 0.163 e. The van der Waals surface area contributed by atoms with Crippen molar-refractivity contribution in [3.05, 3.63) is 77.0 Å². The summed E-state index contributed by atoms with van der Waals surface area (Å²) in [6, 6.07) is 17.6. The first kappa shape index (κ1) is 27.8. The topological polar surface area (TPSA) is 139 Å². The van der Waals surface area contributed by atoms with E-state index < -0.39 is 11.1 Å². The second-order valence-corrected chi connectivity index (χ2v) is 9.67. The third-order valence-electron chi connectivity index (χ3n) is 6.10. The van der Waals surface area contributed by atoms with Gasteiger partial charge in [-0.2, -0.15) is 5.26 Å². The standard InChI is InChI=1S/C29H33N3O5/c1-28(2,31)22-16-23(20-7-5-19(18-30)6-8-20)32-27(17-22)29(3,35)12-11-24(34)21-9-10-25(37-14-13-33)26(15-21)36-4/h5-10,15-17,33,35H,11-14,31H2,1-4H3/t29-/m1/s1. The molecule has 0 unspecified atom stereocenters. The van der Waals surface area contributed by atoms with E-state index in [0.29, 0.717) is 34.0 Å². The Labute approximate surface area is 217 Å². The second-order valence-electron chi connectivity index (χ2n) is 9.67. The van der Waals surface area contributed by atoms with Crippen molar-refractivity contribution in [2.24, 2.45) is 5.73 Å². The average Bonchev–Trinajstić information content (AvgIpc) is 2.89. The number of nitrogens with two attached hydrogens (primary N) is 1. The van der Waals surface area contributed by atoms with Crippen LogP contribution in [0.3, 0.4) is 0 Å². The summed E-state index contributed by atoms with van der Waals surface area (Å²) in [4.78, 5) is 17.7. The van der Waals surface area contributed by atoms with Crippen LogP contribution in [-0.2, 0) is 11.1 Å². The fourth-order valence-corrected chi connectivity index (χ4v) is 3.79. The minimum Gasteiger partial charge on any atom is -0.493 e. The van der Waals surface area contributed by atoms with E-state index in [0.717, 1.165) is 11.1 Å². The van der Waals surface area contributed by atoms with E-state index in [1.807, 2.05) is 19.9 Å². The number of methoxy groups -OCH3 is 1. The fraction of sp³-hybridized carbons (Fsp3) is 0.345. The molecular weight excluding hydrogens is 470 g/mol. The molecule has 2 aromatic carbocycles. The molecule has 3 aromatic rings. The van der Waals surface area contributed by atoms with E-state index in [9.17, 15) is 9.90 Å². The number of hydrogen-bond acceptors (Lipinski definition) is 8. The Morgan fingerprint density at radius 3 is 2.38 bits per heavy atom. The molecule has 0 saturated carbocycles. The van der Waals surface area contributed by atoms with Crippen LogP contribution in [0.2, 0.25) is 0 Å². The minimum atomic E-state index is -1.41. The first-order chi connectivity index (χ1) is 17.5. The maximum Gasteiger partial charge on any atom is 0.163 e. The summed E-state index contributed by atoms with van der Waals surface area (Å²) >= 11 is 0. The highest BCUT2D eigenvalue weighted by Crippen LogP contribution is 2.33. The quantitative estimate of drug-likeness (QED) is 0.333. The summed E-state index contributed by atoms with van der Waals surface area (Å²) in [5.74, 6) is 0.647. The number of pyridine rings is 1. The number of carbonyl (C=O) groups is 1. The molecule has 0 amide bonds. The molecule has 0 bridgehead atoms. The van der Waals surface area contributed by atoms with Crippen LogP contribution < -0.4 is 15.2 Å². The molecule has 37 heavy (non-hydrogen) atoms. The number of nitriles is 1. The van der Waals surface area contributed by atoms with Gasteiger partial charge in [-0.05, 0) is 75.2 Å². The predicted molar refractivity (Wildman–Crippen MR) is 140 cm³/mol. The zero-order chi connectivity index (χ0) is 27.2. The van der Waals surface area contributed by atoms with Gasteiger partial charge in [0.05, 0.1) is 36.7 Å². The van der Waals surface area contributed by atoms with Gasteiger partial charge in [-0.15, -0.1) is 0 Å². The monoisotopic (exact) mass is 503 g/mol. The highest BCUT2D eigenvalue weighted by Gasteiger charge is 2.29. The number of hydrogen-bond donors (Lipinski definition) is 3. The first-order valence-corrected chi connectivity index (χ1v) is 12.0. The van der Waals surface area contributed by atoms with E-state index >= 15 is 0 Å². The zero-order valence-electron chi connectivity index (χ0n) is 21.6. The normalized spacial score (nSPS) is 12.9. The number of aliphatic hydroxyl groups is 2. The molecule has 0 saturated heterocycles. The third kappa shape index (κ3) is 6.92. The van der Waals surface area contributed by atoms with Gasteiger partial charge in [0.25, 0.3) is 0 Å². The summed E-state index contributed by atoms with van der Waals surface area (Å²) < 4.78 is 10.7. The molecule has 0 aliphatic rings. The van der Waals surface area contributed by atoms with Gasteiger partial charge in [0.15, 0.2) is 17.3 Å². The number of Topliss-reactive ketones (excluding diaryl/α,β-unsaturated/α-hetero) is 1. The van der Waals surface area contributed by atoms with Crippen molar-refractivity contribution in [3.63, 3.8) is 0 Å². The van der Waals surface area contributed by atoms with Gasteiger partial charge < -0.3 is 25.4 Å². The molecule has 0 aliphatic carbocycles. The molecule has 4 N–H and O–H groups in total. The SMILES string of the molecule is COc1cc(C(=O)CC[C@@](C)(O)c2cc(C(C)(C)N)cc(-c3ccc(C#N)cc3)n2)ccc1OCCO. The molecule has 1 atom stereocenters. The van der Waals surface area contributed by atoms with E-state index in [1.54, 1.807) is 55.5 Å². The first-order valence-electron chi connectivity index (χ1n) is 12.0. The Kier molecular flexibility index (Phi) is 8.66. The van der Waals surface area contributed by atoms with Crippen LogP contribution in [0.15, 0.2) is 54.6 Å². The molecule has 1 aromatic heterocycles. The van der Waals surface area contributed by atoms with Crippen molar-refractivity contribution in [1.82, 2.24) is 4.98 Å². The molecule has 0 radical (unpaired) electrons. The van der Waals surface area contributed by atoms with Crippen LogP contribution in [0.4, 0.5) is 0 Å². The van der Waals surface area contributed by atoms with Crippen LogP contribution >= 0.6 is 0 Å². The third-order valence-corrected chi connectivity index (χ3v) is 6.10. The number of aliphatic hydroxyl groups excluding tert-OH is 1. The molecule has 8 nitrogen and oxygen atoms in total. The van der Waals surface area contributed by atoms with Crippen molar-refractivity contribution in [3.8, 4) is 28.8 Å². The molecular formula is C29H33N3O5. The highest BCUT2D eigenvalue weighted by molar-refractivity contribution is 5.96. The van der Waals surface area contributed by atoms with Gasteiger partial charge in [-0.3, -0.25) is 4.79 Å². The van der Waals surface area contributed by atoms with Crippen LogP contribution in [0, 0.1) is 11.3 Å². The Morgan fingerprint density at radius 1 is 1.08 bits per heavy atom. The number of nitrogens with zero attached hydrogens (tertiary/aromatic N) is 2. The van der Waals surface area contributed by atoms with E-state index in [-0.39, 0.29) is 31.8 Å². The maximum atomic E-state index is 13.0. The Hall–Kier alpha value is -3.77. The predicted octanol–water partition coefficient (Wildman–Crippen LogP) is 4.06. The lowest BCUT2D eigenvalue weighted by Gasteiger charge is -2.27. The number of aromatic nitrogens is 1. The molecule has 0 fully saturated rings. The van der Waals surface area contributed by atoms with E-state index in [4.69, 9.17) is 30.6 Å². The number of ether oxygens (including phenoxy) is 2. The van der Waals surface area contributed by atoms with Crippen molar-refractivity contribution < 1.29 is 24.5 Å². The Bertz CT molecular complexity index is 1290. The number of rotatable bonds is 11. The number of carbonyl (C=O) groups excluding carboxylic acids is 1. The summed E-state index contributed by atoms with van der Waals surface area (Å²) in [6.45, 7) is 5.35. The molecule has 3 rings (SSSR count). The van der Waals surface area contributed by atoms with E-state index in [2.05, 4.69) is 6.07 Å². The minimum absolute atomic E-state index is 0.0666. The van der Waals surface area contributed by atoms with Crippen molar-refractivity contribution >= 4 is 5.78 Å². The van der Waals surface area contributed by atoms with Crippen LogP contribution in [-0.4, -0.2) is 41.3 Å². The van der Waals surface area contributed by atoms with Gasteiger partial charge in [-0.25, -0.2) is 4.98 Å². The van der Waals surface area contributed by atoms with E-state index in [1.165, 1.54) is 7.11 Å². The number of ketones is 1. The lowest BCUT2D eigenvalue weighted by molar-refractivity contribution is 0.0396. The zero-order valence-corrected chi connectivity index (χ0v) is 21.6.